The molecule has 0 bridgehead atoms. The van der Waals surface area contributed by atoms with Crippen molar-refractivity contribution in [1.82, 2.24) is 16.2 Å². The van der Waals surface area contributed by atoms with E-state index in [1.54, 1.807) is 5.43 Å². The van der Waals surface area contributed by atoms with Crippen molar-refractivity contribution >= 4 is 24.2 Å². The fourth-order valence-electron chi connectivity index (χ4n) is 0.766. The first-order valence-electron chi connectivity index (χ1n) is 4.29. The summed E-state index contributed by atoms with van der Waals surface area (Å²) in [6.45, 7) is -0.108. The molecule has 0 heterocycles. The van der Waals surface area contributed by atoms with Gasteiger partial charge in [-0.15, -0.1) is 12.4 Å². The highest BCUT2D eigenvalue weighted by Gasteiger charge is 2.38. The van der Waals surface area contributed by atoms with Crippen LogP contribution in [0.1, 0.15) is 12.8 Å². The molecule has 1 aliphatic rings. The minimum atomic E-state index is -4.99. The largest absolute Gasteiger partial charge is 0.472 e. The van der Waals surface area contributed by atoms with Crippen molar-refractivity contribution in [3.05, 3.63) is 0 Å². The minimum absolute atomic E-state index is 0. The van der Waals surface area contributed by atoms with Gasteiger partial charge in [-0.1, -0.05) is 0 Å². The van der Waals surface area contributed by atoms with Gasteiger partial charge in [-0.2, -0.15) is 13.2 Å². The molecule has 1 rings (SSSR count). The molecule has 0 aromatic carbocycles. The Morgan fingerprint density at radius 1 is 1.19 bits per heavy atom. The van der Waals surface area contributed by atoms with Crippen molar-refractivity contribution in [3.63, 3.8) is 0 Å². The molecule has 0 aliphatic heterocycles. The summed E-state index contributed by atoms with van der Waals surface area (Å²) in [5.41, 5.74) is 2.91. The summed E-state index contributed by atoms with van der Waals surface area (Å²) >= 11 is 0. The van der Waals surface area contributed by atoms with E-state index in [4.69, 9.17) is 0 Å². The van der Waals surface area contributed by atoms with Gasteiger partial charge in [-0.3, -0.25) is 20.4 Å². The Bertz CT molecular complexity index is 268. The molecule has 3 N–H and O–H groups in total. The number of halogens is 4. The van der Waals surface area contributed by atoms with E-state index in [1.807, 2.05) is 0 Å². The standard InChI is InChI=1S/C7H10F3N3O2.ClH/c8-7(9,10)6(15)13-12-5(14)3-11-4-1-2-4;/h4,11H,1-3H2,(H,12,14)(H,13,15);1H. The van der Waals surface area contributed by atoms with Crippen LogP contribution in [-0.4, -0.2) is 30.6 Å². The molecule has 0 radical (unpaired) electrons. The smallest absolute Gasteiger partial charge is 0.306 e. The number of nitrogens with one attached hydrogen (secondary N) is 3. The molecule has 0 atom stereocenters. The van der Waals surface area contributed by atoms with E-state index in [9.17, 15) is 22.8 Å². The predicted octanol–water partition coefficient (Wildman–Crippen LogP) is -0.130. The molecule has 1 fully saturated rings. The first-order chi connectivity index (χ1) is 6.89. The lowest BCUT2D eigenvalue weighted by Crippen LogP contribution is -2.50. The zero-order chi connectivity index (χ0) is 11.5. The van der Waals surface area contributed by atoms with Gasteiger partial charge in [0.15, 0.2) is 0 Å². The Morgan fingerprint density at radius 2 is 1.75 bits per heavy atom. The molecule has 0 aromatic rings. The molecule has 0 spiro atoms. The van der Waals surface area contributed by atoms with Crippen LogP contribution in [0.4, 0.5) is 13.2 Å². The lowest BCUT2D eigenvalue weighted by atomic mass is 10.5. The number of alkyl halides is 3. The van der Waals surface area contributed by atoms with Crippen LogP contribution in [0.5, 0.6) is 0 Å². The normalized spacial score (nSPS) is 14.9. The van der Waals surface area contributed by atoms with Crippen LogP contribution >= 0.6 is 12.4 Å². The van der Waals surface area contributed by atoms with E-state index in [2.05, 4.69) is 5.32 Å². The van der Waals surface area contributed by atoms with Crippen molar-refractivity contribution in [3.8, 4) is 0 Å². The van der Waals surface area contributed by atoms with E-state index < -0.39 is 18.0 Å². The van der Waals surface area contributed by atoms with Crippen LogP contribution in [0.25, 0.3) is 0 Å². The molecule has 0 unspecified atom stereocenters. The van der Waals surface area contributed by atoms with Crippen LogP contribution in [0.2, 0.25) is 0 Å². The molecular formula is C7H11ClF3N3O2. The number of rotatable bonds is 3. The van der Waals surface area contributed by atoms with Crippen molar-refractivity contribution < 1.29 is 22.8 Å². The highest BCUT2D eigenvalue weighted by atomic mass is 35.5. The quantitative estimate of drug-likeness (QED) is 0.620. The number of carbonyl (C=O) groups is 2. The summed E-state index contributed by atoms with van der Waals surface area (Å²) in [5, 5.41) is 2.77. The first-order valence-corrected chi connectivity index (χ1v) is 4.29. The van der Waals surface area contributed by atoms with Crippen LogP contribution < -0.4 is 16.2 Å². The van der Waals surface area contributed by atoms with Gasteiger partial charge >= 0.3 is 12.1 Å². The maximum Gasteiger partial charge on any atom is 0.472 e. The summed E-state index contributed by atoms with van der Waals surface area (Å²) in [5.74, 6) is -2.90. The van der Waals surface area contributed by atoms with Crippen molar-refractivity contribution in [2.45, 2.75) is 25.1 Å². The van der Waals surface area contributed by atoms with E-state index in [1.165, 1.54) is 5.43 Å². The average Bonchev–Trinajstić information content (AvgIpc) is 2.92. The fraction of sp³-hybridized carbons (Fsp3) is 0.714. The van der Waals surface area contributed by atoms with E-state index >= 15 is 0 Å². The second kappa shape index (κ2) is 5.90. The number of carbonyl (C=O) groups excluding carboxylic acids is 2. The van der Waals surface area contributed by atoms with Crippen molar-refractivity contribution in [2.75, 3.05) is 6.54 Å². The minimum Gasteiger partial charge on any atom is -0.306 e. The van der Waals surface area contributed by atoms with Gasteiger partial charge in [0.2, 0.25) is 0 Å². The molecule has 16 heavy (non-hydrogen) atoms. The molecule has 5 nitrogen and oxygen atoms in total. The molecule has 1 saturated carbocycles. The number of hydrogen-bond acceptors (Lipinski definition) is 3. The maximum atomic E-state index is 11.6. The van der Waals surface area contributed by atoms with Gasteiger partial charge in [0, 0.05) is 6.04 Å². The molecule has 2 amide bonds. The Kier molecular flexibility index (Phi) is 5.52. The second-order valence-electron chi connectivity index (χ2n) is 3.16. The Labute approximate surface area is 95.5 Å². The second-order valence-corrected chi connectivity index (χ2v) is 3.16. The maximum absolute atomic E-state index is 11.6. The Morgan fingerprint density at radius 3 is 2.19 bits per heavy atom. The molecule has 1 aliphatic carbocycles. The van der Waals surface area contributed by atoms with Gasteiger partial charge in [-0.05, 0) is 12.8 Å². The third-order valence-electron chi connectivity index (χ3n) is 1.70. The lowest BCUT2D eigenvalue weighted by Gasteiger charge is -2.09. The van der Waals surface area contributed by atoms with E-state index in [0.717, 1.165) is 12.8 Å². The first kappa shape index (κ1) is 15.0. The van der Waals surface area contributed by atoms with Gasteiger partial charge in [0.25, 0.3) is 5.91 Å². The lowest BCUT2D eigenvalue weighted by molar-refractivity contribution is -0.175. The highest BCUT2D eigenvalue weighted by Crippen LogP contribution is 2.17. The third-order valence-corrected chi connectivity index (χ3v) is 1.70. The Hall–Kier alpha value is -1.02. The number of hydrazine groups is 1. The fourth-order valence-corrected chi connectivity index (χ4v) is 0.766. The molecule has 9 heteroatoms. The van der Waals surface area contributed by atoms with E-state index in [0.29, 0.717) is 0 Å². The number of hydrogen-bond donors (Lipinski definition) is 3. The highest BCUT2D eigenvalue weighted by molar-refractivity contribution is 5.86. The van der Waals surface area contributed by atoms with Crippen LogP contribution in [0.15, 0.2) is 0 Å². The van der Waals surface area contributed by atoms with Crippen LogP contribution in [0.3, 0.4) is 0 Å². The van der Waals surface area contributed by atoms with Crippen LogP contribution in [-0.2, 0) is 9.59 Å². The molecule has 0 aromatic heterocycles. The summed E-state index contributed by atoms with van der Waals surface area (Å²) in [4.78, 5) is 21.1. The van der Waals surface area contributed by atoms with Gasteiger partial charge in [0.1, 0.15) is 0 Å². The summed E-state index contributed by atoms with van der Waals surface area (Å²) in [7, 11) is 0. The van der Waals surface area contributed by atoms with Crippen molar-refractivity contribution in [2.24, 2.45) is 0 Å². The number of amides is 2. The molecule has 0 saturated heterocycles. The zero-order valence-electron chi connectivity index (χ0n) is 8.06. The Balaban J connectivity index is 0.00000225. The van der Waals surface area contributed by atoms with Gasteiger partial charge in [-0.25, -0.2) is 0 Å². The SMILES string of the molecule is Cl.O=C(CNC1CC1)NNC(=O)C(F)(F)F. The monoisotopic (exact) mass is 261 g/mol. The summed E-state index contributed by atoms with van der Waals surface area (Å²) < 4.78 is 34.9. The summed E-state index contributed by atoms with van der Waals surface area (Å²) in [6, 6.07) is 0.272. The average molecular weight is 262 g/mol. The topological polar surface area (TPSA) is 70.2 Å². The van der Waals surface area contributed by atoms with Crippen molar-refractivity contribution in [1.29, 1.82) is 0 Å². The molecular weight excluding hydrogens is 251 g/mol. The predicted molar refractivity (Wildman–Crippen MR) is 50.6 cm³/mol. The van der Waals surface area contributed by atoms with Crippen LogP contribution in [0, 0.1) is 0 Å². The summed E-state index contributed by atoms with van der Waals surface area (Å²) in [6.07, 6.45) is -3.07. The zero-order valence-corrected chi connectivity index (χ0v) is 8.87. The van der Waals surface area contributed by atoms with Gasteiger partial charge < -0.3 is 5.32 Å². The van der Waals surface area contributed by atoms with E-state index in [-0.39, 0.29) is 25.0 Å². The third kappa shape index (κ3) is 5.76. The molecule has 94 valence electrons. The van der Waals surface area contributed by atoms with Gasteiger partial charge in [0.05, 0.1) is 6.54 Å².